The van der Waals surface area contributed by atoms with Crippen molar-refractivity contribution >= 4 is 46.7 Å². The van der Waals surface area contributed by atoms with Crippen LogP contribution in [-0.4, -0.2) is 86.9 Å². The minimum atomic E-state index is -1.02. The summed E-state index contributed by atoms with van der Waals surface area (Å²) in [5.41, 5.74) is 3.94. The number of anilines is 2. The zero-order chi connectivity index (χ0) is 37.3. The lowest BCUT2D eigenvalue weighted by molar-refractivity contribution is -0.136. The number of imide groups is 2. The van der Waals surface area contributed by atoms with Gasteiger partial charge < -0.3 is 20.3 Å². The highest BCUT2D eigenvalue weighted by molar-refractivity contribution is 6.24. The largest absolute Gasteiger partial charge is 0.492 e. The van der Waals surface area contributed by atoms with Crippen molar-refractivity contribution < 1.29 is 28.7 Å². The summed E-state index contributed by atoms with van der Waals surface area (Å²) in [5, 5.41) is 13.6. The summed E-state index contributed by atoms with van der Waals surface area (Å²) < 4.78 is 8.00. The Morgan fingerprint density at radius 1 is 0.944 bits per heavy atom. The number of amides is 5. The fourth-order valence-electron chi connectivity index (χ4n) is 8.17. The molecule has 2 aromatic carbocycles. The molecule has 0 radical (unpaired) electrons. The summed E-state index contributed by atoms with van der Waals surface area (Å²) in [4.78, 5) is 71.8. The molecule has 5 heterocycles. The summed E-state index contributed by atoms with van der Waals surface area (Å²) in [6.07, 6.45) is 8.29. The third-order valence-electron chi connectivity index (χ3n) is 11.1. The van der Waals surface area contributed by atoms with Gasteiger partial charge in [-0.3, -0.25) is 34.2 Å². The molecule has 5 amide bonds. The van der Waals surface area contributed by atoms with Gasteiger partial charge in [-0.15, -0.1) is 0 Å². The van der Waals surface area contributed by atoms with Crippen molar-refractivity contribution in [1.82, 2.24) is 30.1 Å². The van der Waals surface area contributed by atoms with Gasteiger partial charge in [0, 0.05) is 60.7 Å². The maximum absolute atomic E-state index is 13.4. The van der Waals surface area contributed by atoms with Gasteiger partial charge >= 0.3 is 0 Å². The van der Waals surface area contributed by atoms with Crippen LogP contribution in [0.3, 0.4) is 0 Å². The summed E-state index contributed by atoms with van der Waals surface area (Å²) in [6, 6.07) is 16.0. The first-order valence-electron chi connectivity index (χ1n) is 19.0. The van der Waals surface area contributed by atoms with Crippen LogP contribution in [0.4, 0.5) is 11.5 Å². The molecule has 1 aliphatic carbocycles. The Hall–Kier alpha value is -5.79. The Balaban J connectivity index is 0.809. The number of carbonyl (C=O) groups excluding carboxylic acids is 5. The van der Waals surface area contributed by atoms with Gasteiger partial charge in [0.15, 0.2) is 5.65 Å². The van der Waals surface area contributed by atoms with Gasteiger partial charge in [0.2, 0.25) is 11.8 Å². The molecule has 3 N–H and O–H groups in total. The minimum Gasteiger partial charge on any atom is -0.492 e. The predicted octanol–water partition coefficient (Wildman–Crippen LogP) is 4.14. The fraction of sp³-hybridized carbons (Fsp3) is 0.425. The van der Waals surface area contributed by atoms with Crippen LogP contribution in [0.5, 0.6) is 5.75 Å². The number of fused-ring (bicyclic) bond motifs is 2. The molecule has 1 saturated carbocycles. The van der Waals surface area contributed by atoms with Crippen molar-refractivity contribution in [2.75, 3.05) is 29.9 Å². The molecule has 0 bridgehead atoms. The molecule has 54 heavy (non-hydrogen) atoms. The topological polar surface area (TPSA) is 167 Å². The molecule has 280 valence electrons. The van der Waals surface area contributed by atoms with E-state index in [0.717, 1.165) is 85.8 Å². The number of benzene rings is 2. The number of ether oxygens (including phenoxy) is 1. The van der Waals surface area contributed by atoms with E-state index in [0.29, 0.717) is 17.9 Å². The van der Waals surface area contributed by atoms with Crippen LogP contribution in [0.1, 0.15) is 95.1 Å². The van der Waals surface area contributed by atoms with Crippen molar-refractivity contribution in [2.45, 2.75) is 82.8 Å². The Labute approximate surface area is 312 Å². The first kappa shape index (κ1) is 35.3. The Bertz CT molecular complexity index is 2110. The molecule has 2 aromatic heterocycles. The number of hydrogen-bond donors (Lipinski definition) is 3. The summed E-state index contributed by atoms with van der Waals surface area (Å²) in [6.45, 7) is 4.15. The first-order chi connectivity index (χ1) is 26.2. The lowest BCUT2D eigenvalue weighted by Crippen LogP contribution is -2.54. The van der Waals surface area contributed by atoms with E-state index in [2.05, 4.69) is 38.9 Å². The van der Waals surface area contributed by atoms with Gasteiger partial charge in [0.05, 0.1) is 23.9 Å². The Kier molecular flexibility index (Phi) is 9.74. The van der Waals surface area contributed by atoms with Gasteiger partial charge in [0.1, 0.15) is 17.6 Å². The van der Waals surface area contributed by atoms with Crippen LogP contribution >= 0.6 is 0 Å². The highest BCUT2D eigenvalue weighted by atomic mass is 16.5. The van der Waals surface area contributed by atoms with E-state index in [1.807, 2.05) is 34.8 Å². The maximum atomic E-state index is 13.4. The molecule has 2 saturated heterocycles. The van der Waals surface area contributed by atoms with Crippen LogP contribution in [0.2, 0.25) is 0 Å². The molecule has 4 aliphatic rings. The smallest absolute Gasteiger partial charge is 0.266 e. The van der Waals surface area contributed by atoms with E-state index in [4.69, 9.17) is 9.72 Å². The zero-order valence-electron chi connectivity index (χ0n) is 30.3. The standard InChI is InChI=1S/C40H44N8O6/c1-2-4-26-22-34(48-33(42-26)15-18-41-48)43-27-9-10-28(21-27)44-37(50)25-7-11-29(12-8-25)46-19-16-24(17-20-46)23-54-32-6-3-5-30-36(32)40(53)47(39(30)52)31-13-14-35(49)45-38(31)51/h3,5-8,11-12,15,18,22,24,27-28,31,43H,2,4,9-10,13-14,16-17,19-21,23H2,1H3,(H,44,50)(H,45,49,51)/t27-,28-,31?/m1/s1. The molecule has 3 fully saturated rings. The number of carbonyl (C=O) groups is 5. The van der Waals surface area contributed by atoms with Crippen molar-refractivity contribution in [2.24, 2.45) is 5.92 Å². The summed E-state index contributed by atoms with van der Waals surface area (Å²) in [7, 11) is 0. The summed E-state index contributed by atoms with van der Waals surface area (Å²) in [5.74, 6) is -0.741. The van der Waals surface area contributed by atoms with Crippen molar-refractivity contribution in [3.05, 3.63) is 83.2 Å². The number of hydrogen-bond acceptors (Lipinski definition) is 10. The van der Waals surface area contributed by atoms with Crippen molar-refractivity contribution in [1.29, 1.82) is 0 Å². The van der Waals surface area contributed by atoms with E-state index in [1.54, 1.807) is 24.4 Å². The van der Waals surface area contributed by atoms with Gasteiger partial charge in [-0.25, -0.2) is 4.98 Å². The second kappa shape index (κ2) is 14.9. The fourth-order valence-corrected chi connectivity index (χ4v) is 8.17. The number of nitrogens with one attached hydrogen (secondary N) is 3. The number of aromatic nitrogens is 3. The molecular formula is C40H44N8O6. The number of piperidine rings is 2. The van der Waals surface area contributed by atoms with Crippen LogP contribution in [-0.2, 0) is 16.0 Å². The average molecular weight is 733 g/mol. The highest BCUT2D eigenvalue weighted by Crippen LogP contribution is 2.35. The molecule has 1 unspecified atom stereocenters. The highest BCUT2D eigenvalue weighted by Gasteiger charge is 2.46. The lowest BCUT2D eigenvalue weighted by Gasteiger charge is -2.33. The normalized spacial score (nSPS) is 21.8. The van der Waals surface area contributed by atoms with Crippen LogP contribution in [0.25, 0.3) is 5.65 Å². The molecule has 3 aliphatic heterocycles. The third-order valence-corrected chi connectivity index (χ3v) is 11.1. The van der Waals surface area contributed by atoms with Crippen LogP contribution in [0.15, 0.2) is 60.8 Å². The monoisotopic (exact) mass is 732 g/mol. The molecule has 14 nitrogen and oxygen atoms in total. The molecule has 0 spiro atoms. The zero-order valence-corrected chi connectivity index (χ0v) is 30.3. The average Bonchev–Trinajstić information content (AvgIpc) is 3.90. The predicted molar refractivity (Wildman–Crippen MR) is 199 cm³/mol. The van der Waals surface area contributed by atoms with Gasteiger partial charge in [-0.2, -0.15) is 9.61 Å². The minimum absolute atomic E-state index is 0.0650. The van der Waals surface area contributed by atoms with E-state index in [1.165, 1.54) is 0 Å². The van der Waals surface area contributed by atoms with Crippen LogP contribution in [0, 0.1) is 5.92 Å². The van der Waals surface area contributed by atoms with Gasteiger partial charge in [0.25, 0.3) is 17.7 Å². The number of rotatable bonds is 11. The number of aryl methyl sites for hydroxylation is 1. The van der Waals surface area contributed by atoms with E-state index >= 15 is 0 Å². The molecule has 14 heteroatoms. The van der Waals surface area contributed by atoms with E-state index < -0.39 is 29.7 Å². The van der Waals surface area contributed by atoms with E-state index in [-0.39, 0.29) is 47.9 Å². The lowest BCUT2D eigenvalue weighted by atomic mass is 9.97. The second-order valence-electron chi connectivity index (χ2n) is 14.7. The Morgan fingerprint density at radius 3 is 2.52 bits per heavy atom. The summed E-state index contributed by atoms with van der Waals surface area (Å²) >= 11 is 0. The molecule has 3 atom stereocenters. The SMILES string of the molecule is CCCc1cc(N[C@@H]2CC[C@@H](NC(=O)c3ccc(N4CCC(COc5cccc6c5C(=O)N(C5CCC(=O)NC5=O)C6=O)CC4)cc3)C2)n2nccc2n1. The van der Waals surface area contributed by atoms with Gasteiger partial charge in [-0.1, -0.05) is 19.4 Å². The molecular weight excluding hydrogens is 688 g/mol. The number of nitrogens with zero attached hydrogens (tertiary/aromatic N) is 5. The third kappa shape index (κ3) is 6.99. The van der Waals surface area contributed by atoms with Crippen molar-refractivity contribution in [3.8, 4) is 5.75 Å². The van der Waals surface area contributed by atoms with Crippen LogP contribution < -0.4 is 25.6 Å². The molecule has 8 rings (SSSR count). The maximum Gasteiger partial charge on any atom is 0.266 e. The second-order valence-corrected chi connectivity index (χ2v) is 14.7. The molecule has 4 aromatic rings. The van der Waals surface area contributed by atoms with E-state index in [9.17, 15) is 24.0 Å². The van der Waals surface area contributed by atoms with Crippen molar-refractivity contribution in [3.63, 3.8) is 0 Å². The first-order valence-corrected chi connectivity index (χ1v) is 19.0. The van der Waals surface area contributed by atoms with Gasteiger partial charge in [-0.05, 0) is 87.3 Å². The Morgan fingerprint density at radius 2 is 1.74 bits per heavy atom. The quantitative estimate of drug-likeness (QED) is 0.191.